The maximum Gasteiger partial charge on any atom is 0.147 e. The summed E-state index contributed by atoms with van der Waals surface area (Å²) in [4.78, 5) is 4.18. The Morgan fingerprint density at radius 3 is 2.64 bits per heavy atom. The van der Waals surface area contributed by atoms with Crippen molar-refractivity contribution < 1.29 is 4.39 Å². The Hall–Kier alpha value is -1.55. The average Bonchev–Trinajstić information content (AvgIpc) is 2.91. The van der Waals surface area contributed by atoms with E-state index in [9.17, 15) is 4.39 Å². The molecule has 0 saturated heterocycles. The molecule has 1 aromatic carbocycles. The van der Waals surface area contributed by atoms with E-state index in [0.717, 1.165) is 25.2 Å². The molecule has 0 saturated carbocycles. The van der Waals surface area contributed by atoms with Crippen molar-refractivity contribution in [2.45, 2.75) is 52.6 Å². The Morgan fingerprint density at radius 1 is 1.23 bits per heavy atom. The van der Waals surface area contributed by atoms with Gasteiger partial charge in [0.1, 0.15) is 5.82 Å². The van der Waals surface area contributed by atoms with Crippen molar-refractivity contribution in [3.05, 3.63) is 42.0 Å². The minimum atomic E-state index is -0.157. The fourth-order valence-corrected chi connectivity index (χ4v) is 2.39. The summed E-state index contributed by atoms with van der Waals surface area (Å²) in [6, 6.07) is 5.51. The van der Waals surface area contributed by atoms with Crippen LogP contribution in [0.25, 0.3) is 0 Å². The van der Waals surface area contributed by atoms with E-state index in [-0.39, 0.29) is 11.4 Å². The van der Waals surface area contributed by atoms with Crippen molar-refractivity contribution in [1.29, 1.82) is 0 Å². The molecule has 0 unspecified atom stereocenters. The number of anilines is 1. The second-order valence-electron chi connectivity index (χ2n) is 6.96. The van der Waals surface area contributed by atoms with Gasteiger partial charge in [-0.25, -0.2) is 4.39 Å². The van der Waals surface area contributed by atoms with E-state index in [0.29, 0.717) is 12.2 Å². The molecule has 3 nitrogen and oxygen atoms in total. The number of nitrogens with zero attached hydrogens (tertiary/aromatic N) is 2. The topological polar surface area (TPSA) is 18.5 Å². The number of hydrogen-bond donors (Lipinski definition) is 1. The Morgan fingerprint density at radius 2 is 2.00 bits per heavy atom. The van der Waals surface area contributed by atoms with Gasteiger partial charge in [0, 0.05) is 31.0 Å². The highest BCUT2D eigenvalue weighted by Gasteiger charge is 2.17. The van der Waals surface area contributed by atoms with Gasteiger partial charge in [0.05, 0.1) is 12.4 Å². The van der Waals surface area contributed by atoms with Crippen LogP contribution in [-0.4, -0.2) is 23.7 Å². The SMILES string of the molecule is CCCCN1C=CN(c2ccc(CNC(C)(C)C)cc2F)C1. The van der Waals surface area contributed by atoms with E-state index in [1.807, 2.05) is 29.4 Å². The molecule has 0 aromatic heterocycles. The van der Waals surface area contributed by atoms with E-state index in [1.54, 1.807) is 6.07 Å². The lowest BCUT2D eigenvalue weighted by molar-refractivity contribution is 0.395. The van der Waals surface area contributed by atoms with E-state index in [4.69, 9.17) is 0 Å². The second kappa shape index (κ2) is 7.14. The summed E-state index contributed by atoms with van der Waals surface area (Å²) in [5.41, 5.74) is 1.66. The zero-order valence-electron chi connectivity index (χ0n) is 14.2. The highest BCUT2D eigenvalue weighted by Crippen LogP contribution is 2.24. The summed E-state index contributed by atoms with van der Waals surface area (Å²) in [5.74, 6) is -0.157. The van der Waals surface area contributed by atoms with Crippen LogP contribution in [-0.2, 0) is 6.54 Å². The zero-order chi connectivity index (χ0) is 16.2. The molecule has 1 aliphatic rings. The Balaban J connectivity index is 1.97. The summed E-state index contributed by atoms with van der Waals surface area (Å²) >= 11 is 0. The Kier molecular flexibility index (Phi) is 5.46. The molecular weight excluding hydrogens is 277 g/mol. The van der Waals surface area contributed by atoms with Gasteiger partial charge in [-0.2, -0.15) is 0 Å². The molecule has 0 bridgehead atoms. The standard InChI is InChI=1S/C18H28FN3/c1-5-6-9-21-10-11-22(14-21)17-8-7-15(12-16(17)19)13-20-18(2,3)4/h7-8,10-12,20H,5-6,9,13-14H2,1-4H3. The Bertz CT molecular complexity index is 520. The van der Waals surface area contributed by atoms with Gasteiger partial charge in [0.15, 0.2) is 0 Å². The van der Waals surface area contributed by atoms with Crippen LogP contribution >= 0.6 is 0 Å². The molecule has 0 spiro atoms. The number of rotatable bonds is 6. The minimum Gasteiger partial charge on any atom is -0.358 e. The van der Waals surface area contributed by atoms with Crippen molar-refractivity contribution in [2.24, 2.45) is 0 Å². The second-order valence-corrected chi connectivity index (χ2v) is 6.96. The normalized spacial score (nSPS) is 15.0. The summed E-state index contributed by atoms with van der Waals surface area (Å²) in [6.45, 7) is 10.9. The maximum atomic E-state index is 14.4. The van der Waals surface area contributed by atoms with Crippen LogP contribution < -0.4 is 10.2 Å². The van der Waals surface area contributed by atoms with Crippen molar-refractivity contribution in [3.63, 3.8) is 0 Å². The monoisotopic (exact) mass is 305 g/mol. The van der Waals surface area contributed by atoms with Crippen molar-refractivity contribution in [3.8, 4) is 0 Å². The molecule has 0 atom stereocenters. The lowest BCUT2D eigenvalue weighted by atomic mass is 10.1. The first-order valence-electron chi connectivity index (χ1n) is 8.11. The van der Waals surface area contributed by atoms with Gasteiger partial charge < -0.3 is 15.1 Å². The molecule has 4 heteroatoms. The van der Waals surface area contributed by atoms with E-state index in [2.05, 4.69) is 37.9 Å². The zero-order valence-corrected chi connectivity index (χ0v) is 14.2. The van der Waals surface area contributed by atoms with Crippen LogP contribution in [0.1, 0.15) is 46.1 Å². The largest absolute Gasteiger partial charge is 0.358 e. The smallest absolute Gasteiger partial charge is 0.147 e. The van der Waals surface area contributed by atoms with Gasteiger partial charge in [0.25, 0.3) is 0 Å². The third-order valence-corrected chi connectivity index (χ3v) is 3.73. The lowest BCUT2D eigenvalue weighted by Gasteiger charge is -2.23. The van der Waals surface area contributed by atoms with E-state index < -0.39 is 0 Å². The Labute approximate surface area is 133 Å². The molecule has 0 amide bonds. The van der Waals surface area contributed by atoms with Gasteiger partial charge in [-0.05, 0) is 44.9 Å². The predicted octanol–water partition coefficient (Wildman–Crippen LogP) is 4.06. The first-order chi connectivity index (χ1) is 10.4. The predicted molar refractivity (Wildman–Crippen MR) is 91.1 cm³/mol. The number of unbranched alkanes of at least 4 members (excludes halogenated alkanes) is 1. The fourth-order valence-electron chi connectivity index (χ4n) is 2.39. The molecular formula is C18H28FN3. The molecule has 1 heterocycles. The molecule has 1 aliphatic heterocycles. The minimum absolute atomic E-state index is 0.0343. The molecule has 1 N–H and O–H groups in total. The summed E-state index contributed by atoms with van der Waals surface area (Å²) in [6.07, 6.45) is 6.34. The van der Waals surface area contributed by atoms with Crippen LogP contribution in [0.2, 0.25) is 0 Å². The van der Waals surface area contributed by atoms with Gasteiger partial charge in [0.2, 0.25) is 0 Å². The average molecular weight is 305 g/mol. The third kappa shape index (κ3) is 4.73. The summed E-state index contributed by atoms with van der Waals surface area (Å²) in [5, 5.41) is 3.38. The number of nitrogens with one attached hydrogen (secondary N) is 1. The summed E-state index contributed by atoms with van der Waals surface area (Å²) < 4.78 is 14.4. The molecule has 22 heavy (non-hydrogen) atoms. The van der Waals surface area contributed by atoms with E-state index in [1.165, 1.54) is 6.42 Å². The molecule has 2 rings (SSSR count). The van der Waals surface area contributed by atoms with Crippen molar-refractivity contribution in [1.82, 2.24) is 10.2 Å². The summed E-state index contributed by atoms with van der Waals surface area (Å²) in [7, 11) is 0. The highest BCUT2D eigenvalue weighted by atomic mass is 19.1. The van der Waals surface area contributed by atoms with Gasteiger partial charge in [-0.3, -0.25) is 0 Å². The lowest BCUT2D eigenvalue weighted by Crippen LogP contribution is -2.35. The van der Waals surface area contributed by atoms with Crippen LogP contribution in [0.15, 0.2) is 30.6 Å². The quantitative estimate of drug-likeness (QED) is 0.855. The number of halogens is 1. The van der Waals surface area contributed by atoms with Gasteiger partial charge >= 0.3 is 0 Å². The molecule has 122 valence electrons. The van der Waals surface area contributed by atoms with Crippen LogP contribution in [0.5, 0.6) is 0 Å². The molecule has 0 aliphatic carbocycles. The van der Waals surface area contributed by atoms with Crippen molar-refractivity contribution in [2.75, 3.05) is 18.1 Å². The van der Waals surface area contributed by atoms with Crippen LogP contribution in [0.4, 0.5) is 10.1 Å². The third-order valence-electron chi connectivity index (χ3n) is 3.73. The van der Waals surface area contributed by atoms with Crippen LogP contribution in [0, 0.1) is 5.82 Å². The first-order valence-corrected chi connectivity index (χ1v) is 8.11. The fraction of sp³-hybridized carbons (Fsp3) is 0.556. The molecule has 0 fully saturated rings. The van der Waals surface area contributed by atoms with Gasteiger partial charge in [-0.1, -0.05) is 19.4 Å². The van der Waals surface area contributed by atoms with Crippen molar-refractivity contribution >= 4 is 5.69 Å². The van der Waals surface area contributed by atoms with E-state index >= 15 is 0 Å². The highest BCUT2D eigenvalue weighted by molar-refractivity contribution is 5.52. The van der Waals surface area contributed by atoms with Crippen LogP contribution in [0.3, 0.4) is 0 Å². The number of benzene rings is 1. The molecule has 1 aromatic rings. The van der Waals surface area contributed by atoms with Gasteiger partial charge in [-0.15, -0.1) is 0 Å². The molecule has 0 radical (unpaired) electrons. The number of hydrogen-bond acceptors (Lipinski definition) is 3. The maximum absolute atomic E-state index is 14.4. The first kappa shape index (κ1) is 16.8.